The van der Waals surface area contributed by atoms with Gasteiger partial charge in [-0.1, -0.05) is 39.0 Å². The third-order valence-corrected chi connectivity index (χ3v) is 3.05. The highest BCUT2D eigenvalue weighted by atomic mass is 19.1. The molecule has 21 heavy (non-hydrogen) atoms. The molecule has 0 amide bonds. The second-order valence-corrected chi connectivity index (χ2v) is 5.71. The van der Waals surface area contributed by atoms with Crippen molar-refractivity contribution in [2.45, 2.75) is 26.2 Å². The van der Waals surface area contributed by atoms with Gasteiger partial charge in [0, 0.05) is 11.8 Å². The first-order valence-electron chi connectivity index (χ1n) is 6.52. The van der Waals surface area contributed by atoms with Crippen LogP contribution in [-0.4, -0.2) is 4.98 Å². The van der Waals surface area contributed by atoms with Crippen molar-refractivity contribution in [1.82, 2.24) is 4.98 Å². The minimum absolute atomic E-state index is 0.0824. The molecule has 0 saturated carbocycles. The average molecular weight is 292 g/mol. The fraction of sp³-hybridized carbons (Fsp3) is 0.267. The lowest BCUT2D eigenvalue weighted by Gasteiger charge is -2.23. The molecule has 1 aromatic heterocycles. The number of nitrogens with two attached hydrogens (primary N) is 1. The van der Waals surface area contributed by atoms with E-state index in [4.69, 9.17) is 5.84 Å². The summed E-state index contributed by atoms with van der Waals surface area (Å²) in [7, 11) is 0. The van der Waals surface area contributed by atoms with Gasteiger partial charge in [-0.15, -0.1) is 0 Å². The van der Waals surface area contributed by atoms with Gasteiger partial charge in [-0.2, -0.15) is 0 Å². The van der Waals surface area contributed by atoms with Gasteiger partial charge in [0.15, 0.2) is 23.3 Å². The largest absolute Gasteiger partial charge is 0.337 e. The summed E-state index contributed by atoms with van der Waals surface area (Å²) in [5.74, 6) is 3.24. The van der Waals surface area contributed by atoms with Crippen LogP contribution in [0.2, 0.25) is 0 Å². The number of hydrazine groups is 1. The van der Waals surface area contributed by atoms with E-state index in [0.717, 1.165) is 11.6 Å². The van der Waals surface area contributed by atoms with Crippen LogP contribution in [0.15, 0.2) is 30.3 Å². The highest BCUT2D eigenvalue weighted by Gasteiger charge is 2.19. The molecule has 0 spiro atoms. The Labute approximate surface area is 122 Å². The fourth-order valence-electron chi connectivity index (χ4n) is 2.03. The van der Waals surface area contributed by atoms with Gasteiger partial charge >= 0.3 is 0 Å². The first-order chi connectivity index (χ1) is 9.82. The Hall–Kier alpha value is -2.21. The maximum Gasteiger partial charge on any atom is 0.178 e. The lowest BCUT2D eigenvalue weighted by Crippen LogP contribution is -2.15. The molecule has 0 radical (unpaired) electrons. The average Bonchev–Trinajstić information content (AvgIpc) is 2.41. The van der Waals surface area contributed by atoms with Gasteiger partial charge in [-0.3, -0.25) is 0 Å². The molecule has 2 aromatic rings. The lowest BCUT2D eigenvalue weighted by molar-refractivity contribution is 0.578. The van der Waals surface area contributed by atoms with Gasteiger partial charge < -0.3 is 10.7 Å². The Morgan fingerprint density at radius 1 is 1.05 bits per heavy atom. The second-order valence-electron chi connectivity index (χ2n) is 5.71. The van der Waals surface area contributed by atoms with Crippen LogP contribution in [0.5, 0.6) is 0 Å². The Morgan fingerprint density at radius 3 is 2.29 bits per heavy atom. The number of anilines is 3. The van der Waals surface area contributed by atoms with E-state index >= 15 is 0 Å². The molecule has 0 aliphatic heterocycles. The summed E-state index contributed by atoms with van der Waals surface area (Å²) in [6, 6.07) is 8.25. The van der Waals surface area contributed by atoms with Crippen molar-refractivity contribution in [1.29, 1.82) is 0 Å². The van der Waals surface area contributed by atoms with Gasteiger partial charge in [-0.25, -0.2) is 19.6 Å². The molecule has 0 fully saturated rings. The first-order valence-corrected chi connectivity index (χ1v) is 6.52. The maximum absolute atomic E-state index is 13.8. The second kappa shape index (κ2) is 5.65. The van der Waals surface area contributed by atoms with Crippen molar-refractivity contribution < 1.29 is 8.78 Å². The molecular weight excluding hydrogens is 274 g/mol. The van der Waals surface area contributed by atoms with Crippen LogP contribution in [0.25, 0.3) is 0 Å². The number of hydrogen-bond donors (Lipinski definition) is 3. The smallest absolute Gasteiger partial charge is 0.178 e. The Morgan fingerprint density at radius 2 is 1.67 bits per heavy atom. The number of hydrogen-bond acceptors (Lipinski definition) is 4. The number of nitrogens with zero attached hydrogens (tertiary/aromatic N) is 1. The van der Waals surface area contributed by atoms with Gasteiger partial charge in [-0.05, 0) is 17.0 Å². The molecule has 6 heteroatoms. The van der Waals surface area contributed by atoms with Gasteiger partial charge in [0.05, 0.1) is 0 Å². The van der Waals surface area contributed by atoms with Crippen molar-refractivity contribution in [3.63, 3.8) is 0 Å². The highest BCUT2D eigenvalue weighted by molar-refractivity contribution is 5.64. The SMILES string of the molecule is CC(C)(C)c1ccccc1Nc1nc(NN)c(F)cc1F. The number of benzene rings is 1. The van der Waals surface area contributed by atoms with Crippen molar-refractivity contribution in [3.8, 4) is 0 Å². The Bertz CT molecular complexity index is 651. The van der Waals surface area contributed by atoms with Crippen LogP contribution in [0.3, 0.4) is 0 Å². The fourth-order valence-corrected chi connectivity index (χ4v) is 2.03. The zero-order valence-electron chi connectivity index (χ0n) is 12.2. The van der Waals surface area contributed by atoms with Crippen molar-refractivity contribution >= 4 is 17.3 Å². The predicted molar refractivity (Wildman–Crippen MR) is 80.4 cm³/mol. The standard InChI is InChI=1S/C15H18F2N4/c1-15(2,3)9-6-4-5-7-12(9)19-13-10(16)8-11(17)14(20-13)21-18/h4-8H,18H2,1-3H3,(H2,19,20,21). The van der Waals surface area contributed by atoms with E-state index in [1.54, 1.807) is 0 Å². The van der Waals surface area contributed by atoms with E-state index < -0.39 is 11.6 Å². The van der Waals surface area contributed by atoms with E-state index in [1.807, 2.05) is 24.3 Å². The molecule has 0 unspecified atom stereocenters. The summed E-state index contributed by atoms with van der Waals surface area (Å²) >= 11 is 0. The zero-order valence-corrected chi connectivity index (χ0v) is 12.2. The third-order valence-electron chi connectivity index (χ3n) is 3.05. The Kier molecular flexibility index (Phi) is 4.09. The topological polar surface area (TPSA) is 63.0 Å². The van der Waals surface area contributed by atoms with E-state index in [0.29, 0.717) is 5.69 Å². The minimum Gasteiger partial charge on any atom is -0.337 e. The van der Waals surface area contributed by atoms with E-state index in [1.165, 1.54) is 0 Å². The van der Waals surface area contributed by atoms with Crippen LogP contribution < -0.4 is 16.6 Å². The van der Waals surface area contributed by atoms with Crippen molar-refractivity contribution in [2.24, 2.45) is 5.84 Å². The molecule has 0 aliphatic carbocycles. The van der Waals surface area contributed by atoms with Crippen LogP contribution in [-0.2, 0) is 5.41 Å². The van der Waals surface area contributed by atoms with E-state index in [2.05, 4.69) is 36.5 Å². The lowest BCUT2D eigenvalue weighted by atomic mass is 9.86. The molecule has 4 nitrogen and oxygen atoms in total. The first kappa shape index (κ1) is 15.2. The van der Waals surface area contributed by atoms with Crippen LogP contribution in [0.1, 0.15) is 26.3 Å². The van der Waals surface area contributed by atoms with Gasteiger partial charge in [0.25, 0.3) is 0 Å². The maximum atomic E-state index is 13.8. The molecule has 1 aromatic carbocycles. The van der Waals surface area contributed by atoms with Gasteiger partial charge in [0.2, 0.25) is 0 Å². The van der Waals surface area contributed by atoms with Crippen molar-refractivity contribution in [3.05, 3.63) is 47.5 Å². The summed E-state index contributed by atoms with van der Waals surface area (Å²) in [5, 5.41) is 2.90. The number of nitrogens with one attached hydrogen (secondary N) is 2. The molecule has 112 valence electrons. The number of nitrogen functional groups attached to an aromatic ring is 1. The quantitative estimate of drug-likeness (QED) is 0.596. The molecule has 0 atom stereocenters. The molecule has 2 rings (SSSR count). The van der Waals surface area contributed by atoms with Crippen molar-refractivity contribution in [2.75, 3.05) is 10.7 Å². The summed E-state index contributed by atoms with van der Waals surface area (Å²) in [4.78, 5) is 3.81. The molecule has 0 saturated heterocycles. The number of para-hydroxylation sites is 1. The molecule has 0 aliphatic rings. The number of pyridine rings is 1. The zero-order chi connectivity index (χ0) is 15.6. The van der Waals surface area contributed by atoms with Gasteiger partial charge in [0.1, 0.15) is 0 Å². The van der Waals surface area contributed by atoms with E-state index in [-0.39, 0.29) is 17.1 Å². The summed E-state index contributed by atoms with van der Waals surface area (Å²) < 4.78 is 27.2. The molecule has 4 N–H and O–H groups in total. The molecule has 0 bridgehead atoms. The Balaban J connectivity index is 2.44. The highest BCUT2D eigenvalue weighted by Crippen LogP contribution is 2.31. The van der Waals surface area contributed by atoms with E-state index in [9.17, 15) is 8.78 Å². The van der Waals surface area contributed by atoms with Crippen LogP contribution in [0, 0.1) is 11.6 Å². The summed E-state index contributed by atoms with van der Waals surface area (Å²) in [6.07, 6.45) is 0. The molecule has 1 heterocycles. The minimum atomic E-state index is -0.843. The number of rotatable bonds is 3. The van der Waals surface area contributed by atoms with Crippen LogP contribution >= 0.6 is 0 Å². The summed E-state index contributed by atoms with van der Waals surface area (Å²) in [6.45, 7) is 6.15. The third kappa shape index (κ3) is 3.28. The predicted octanol–water partition coefficient (Wildman–Crippen LogP) is 3.69. The van der Waals surface area contributed by atoms with Crippen LogP contribution in [0.4, 0.5) is 26.1 Å². The number of halogens is 2. The summed E-state index contributed by atoms with van der Waals surface area (Å²) in [5.41, 5.74) is 3.68. The normalized spacial score (nSPS) is 11.3. The number of aromatic nitrogens is 1. The monoisotopic (exact) mass is 292 g/mol. The molecular formula is C15H18F2N4.